The van der Waals surface area contributed by atoms with Gasteiger partial charge in [0.1, 0.15) is 5.78 Å². The number of carbonyl (C=O) groups is 1. The summed E-state index contributed by atoms with van der Waals surface area (Å²) in [6.07, 6.45) is 2.99. The highest BCUT2D eigenvalue weighted by molar-refractivity contribution is 5.81. The number of Topliss-reactive ketones (excluding diaryl/α,β-unsaturated/α-hetero) is 1. The highest BCUT2D eigenvalue weighted by Crippen LogP contribution is 2.45. The first-order chi connectivity index (χ1) is 5.45. The van der Waals surface area contributed by atoms with Gasteiger partial charge >= 0.3 is 0 Å². The van der Waals surface area contributed by atoms with Gasteiger partial charge < -0.3 is 0 Å². The molecule has 0 atom stereocenters. The Bertz CT molecular complexity index is 170. The molecular formula is C11H20O. The molecule has 1 aliphatic carbocycles. The van der Waals surface area contributed by atoms with Crippen LogP contribution in [0.3, 0.4) is 0 Å². The van der Waals surface area contributed by atoms with Crippen molar-refractivity contribution in [1.82, 2.24) is 0 Å². The summed E-state index contributed by atoms with van der Waals surface area (Å²) < 4.78 is 0. The standard InChI is InChI=1S/C11H20O/c1-5-10(12)8-6-9(7-8)11(2,3)4/h8-9H,5-7H2,1-4H3. The molecule has 1 aliphatic rings. The summed E-state index contributed by atoms with van der Waals surface area (Å²) >= 11 is 0. The fourth-order valence-corrected chi connectivity index (χ4v) is 1.88. The molecule has 0 aromatic carbocycles. The minimum absolute atomic E-state index is 0.402. The van der Waals surface area contributed by atoms with Gasteiger partial charge in [0.05, 0.1) is 0 Å². The van der Waals surface area contributed by atoms with Gasteiger partial charge in [0.2, 0.25) is 0 Å². The van der Waals surface area contributed by atoms with Gasteiger partial charge in [0, 0.05) is 12.3 Å². The van der Waals surface area contributed by atoms with E-state index < -0.39 is 0 Å². The molecule has 0 aromatic rings. The Hall–Kier alpha value is -0.330. The maximum atomic E-state index is 11.3. The summed E-state index contributed by atoms with van der Waals surface area (Å²) in [5, 5.41) is 0. The molecule has 0 amide bonds. The first kappa shape index (κ1) is 9.76. The molecular weight excluding hydrogens is 148 g/mol. The minimum atomic E-state index is 0.402. The normalized spacial score (nSPS) is 29.7. The van der Waals surface area contributed by atoms with Gasteiger partial charge in [0.25, 0.3) is 0 Å². The van der Waals surface area contributed by atoms with Crippen molar-refractivity contribution in [2.24, 2.45) is 17.3 Å². The molecule has 0 heterocycles. The number of hydrogen-bond acceptors (Lipinski definition) is 1. The van der Waals surface area contributed by atoms with Crippen molar-refractivity contribution >= 4 is 5.78 Å². The average Bonchev–Trinajstić information content (AvgIpc) is 1.80. The van der Waals surface area contributed by atoms with Crippen molar-refractivity contribution in [2.45, 2.75) is 47.0 Å². The van der Waals surface area contributed by atoms with Crippen molar-refractivity contribution in [3.63, 3.8) is 0 Å². The third kappa shape index (κ3) is 1.88. The number of rotatable bonds is 2. The van der Waals surface area contributed by atoms with Gasteiger partial charge in [0.15, 0.2) is 0 Å². The Morgan fingerprint density at radius 2 is 1.83 bits per heavy atom. The highest BCUT2D eigenvalue weighted by atomic mass is 16.1. The Kier molecular flexibility index (Phi) is 2.60. The lowest BCUT2D eigenvalue weighted by Crippen LogP contribution is -2.37. The van der Waals surface area contributed by atoms with E-state index in [4.69, 9.17) is 0 Å². The Balaban J connectivity index is 2.34. The largest absolute Gasteiger partial charge is 0.299 e. The number of hydrogen-bond donors (Lipinski definition) is 0. The molecule has 1 rings (SSSR count). The van der Waals surface area contributed by atoms with Crippen LogP contribution in [0.5, 0.6) is 0 Å². The fraction of sp³-hybridized carbons (Fsp3) is 0.909. The first-order valence-corrected chi connectivity index (χ1v) is 4.98. The van der Waals surface area contributed by atoms with Crippen LogP contribution in [-0.4, -0.2) is 5.78 Å². The lowest BCUT2D eigenvalue weighted by molar-refractivity contribution is -0.128. The molecule has 0 bridgehead atoms. The van der Waals surface area contributed by atoms with Crippen LogP contribution in [0.4, 0.5) is 0 Å². The van der Waals surface area contributed by atoms with Crippen LogP contribution in [0.2, 0.25) is 0 Å². The Labute approximate surface area is 75.5 Å². The van der Waals surface area contributed by atoms with Gasteiger partial charge in [-0.1, -0.05) is 27.7 Å². The Morgan fingerprint density at radius 3 is 2.17 bits per heavy atom. The van der Waals surface area contributed by atoms with Crippen molar-refractivity contribution in [3.8, 4) is 0 Å². The zero-order chi connectivity index (χ0) is 9.35. The molecule has 70 valence electrons. The predicted molar refractivity (Wildman–Crippen MR) is 51.0 cm³/mol. The van der Waals surface area contributed by atoms with Crippen LogP contribution in [0.1, 0.15) is 47.0 Å². The molecule has 0 unspecified atom stereocenters. The summed E-state index contributed by atoms with van der Waals surface area (Å²) in [4.78, 5) is 11.3. The zero-order valence-corrected chi connectivity index (χ0v) is 8.68. The van der Waals surface area contributed by atoms with Crippen LogP contribution in [0.25, 0.3) is 0 Å². The molecule has 0 aromatic heterocycles. The summed E-state index contributed by atoms with van der Waals surface area (Å²) in [5.41, 5.74) is 0.407. The smallest absolute Gasteiger partial charge is 0.135 e. The number of carbonyl (C=O) groups excluding carboxylic acids is 1. The monoisotopic (exact) mass is 168 g/mol. The van der Waals surface area contributed by atoms with Gasteiger partial charge in [-0.2, -0.15) is 0 Å². The van der Waals surface area contributed by atoms with Crippen LogP contribution >= 0.6 is 0 Å². The topological polar surface area (TPSA) is 17.1 Å². The number of ketones is 1. The molecule has 12 heavy (non-hydrogen) atoms. The molecule has 1 fully saturated rings. The minimum Gasteiger partial charge on any atom is -0.299 e. The zero-order valence-electron chi connectivity index (χ0n) is 8.68. The maximum absolute atomic E-state index is 11.3. The highest BCUT2D eigenvalue weighted by Gasteiger charge is 2.39. The molecule has 0 radical (unpaired) electrons. The third-order valence-corrected chi connectivity index (χ3v) is 3.17. The second-order valence-electron chi connectivity index (χ2n) is 5.05. The van der Waals surface area contributed by atoms with Gasteiger partial charge in [-0.3, -0.25) is 4.79 Å². The maximum Gasteiger partial charge on any atom is 0.135 e. The SMILES string of the molecule is CCC(=O)C1CC(C(C)(C)C)C1. The molecule has 0 saturated heterocycles. The quantitative estimate of drug-likeness (QED) is 0.619. The van der Waals surface area contributed by atoms with Crippen LogP contribution in [0, 0.1) is 17.3 Å². The van der Waals surface area contributed by atoms with E-state index in [1.807, 2.05) is 6.92 Å². The van der Waals surface area contributed by atoms with Crippen molar-refractivity contribution in [2.75, 3.05) is 0 Å². The molecule has 1 saturated carbocycles. The molecule has 1 nitrogen and oxygen atoms in total. The van der Waals surface area contributed by atoms with Crippen molar-refractivity contribution in [1.29, 1.82) is 0 Å². The van der Waals surface area contributed by atoms with E-state index in [2.05, 4.69) is 20.8 Å². The van der Waals surface area contributed by atoms with Gasteiger partial charge in [-0.05, 0) is 24.2 Å². The lowest BCUT2D eigenvalue weighted by atomic mass is 9.62. The van der Waals surface area contributed by atoms with E-state index in [1.54, 1.807) is 0 Å². The molecule has 1 heteroatoms. The van der Waals surface area contributed by atoms with Crippen LogP contribution in [0.15, 0.2) is 0 Å². The van der Waals surface area contributed by atoms with Crippen LogP contribution in [-0.2, 0) is 4.79 Å². The summed E-state index contributed by atoms with van der Waals surface area (Å²) in [6.45, 7) is 8.77. The van der Waals surface area contributed by atoms with E-state index in [0.29, 0.717) is 17.1 Å². The second kappa shape index (κ2) is 3.20. The van der Waals surface area contributed by atoms with E-state index in [-0.39, 0.29) is 0 Å². The average molecular weight is 168 g/mol. The van der Waals surface area contributed by atoms with E-state index in [1.165, 1.54) is 0 Å². The first-order valence-electron chi connectivity index (χ1n) is 4.98. The lowest BCUT2D eigenvalue weighted by Gasteiger charge is -2.42. The molecule has 0 spiro atoms. The van der Waals surface area contributed by atoms with Gasteiger partial charge in [-0.25, -0.2) is 0 Å². The van der Waals surface area contributed by atoms with E-state index in [0.717, 1.165) is 25.2 Å². The summed E-state index contributed by atoms with van der Waals surface area (Å²) in [6, 6.07) is 0. The summed E-state index contributed by atoms with van der Waals surface area (Å²) in [7, 11) is 0. The second-order valence-corrected chi connectivity index (χ2v) is 5.05. The predicted octanol–water partition coefficient (Wildman–Crippen LogP) is 3.04. The molecule has 0 aliphatic heterocycles. The Morgan fingerprint density at radius 1 is 1.33 bits per heavy atom. The fourth-order valence-electron chi connectivity index (χ4n) is 1.88. The van der Waals surface area contributed by atoms with Crippen LogP contribution < -0.4 is 0 Å². The molecule has 0 N–H and O–H groups in total. The van der Waals surface area contributed by atoms with E-state index >= 15 is 0 Å². The van der Waals surface area contributed by atoms with Crippen molar-refractivity contribution < 1.29 is 4.79 Å². The van der Waals surface area contributed by atoms with E-state index in [9.17, 15) is 4.79 Å². The third-order valence-electron chi connectivity index (χ3n) is 3.17. The summed E-state index contributed by atoms with van der Waals surface area (Å²) in [5.74, 6) is 1.65. The van der Waals surface area contributed by atoms with Gasteiger partial charge in [-0.15, -0.1) is 0 Å². The van der Waals surface area contributed by atoms with Crippen molar-refractivity contribution in [3.05, 3.63) is 0 Å².